The zero-order chi connectivity index (χ0) is 6.97. The fourth-order valence-corrected chi connectivity index (χ4v) is 1.15. The molecule has 0 N–H and O–H groups in total. The molecule has 1 heterocycles. The van der Waals surface area contributed by atoms with Crippen molar-refractivity contribution < 1.29 is 20.4 Å². The minimum Gasteiger partial charge on any atom is -0.466 e. The molecule has 1 nitrogen and oxygen atoms in total. The van der Waals surface area contributed by atoms with Crippen LogP contribution in [0.5, 0.6) is 0 Å². The van der Waals surface area contributed by atoms with Crippen LogP contribution in [0.15, 0.2) is 30.3 Å². The molecule has 0 bridgehead atoms. The maximum absolute atomic E-state index is 3.09. The smallest absolute Gasteiger partial charge is 0 e. The topological polar surface area (TPSA) is 4.93 Å². The van der Waals surface area contributed by atoms with Gasteiger partial charge in [-0.15, -0.1) is 23.8 Å². The first-order chi connectivity index (χ1) is 4.88. The van der Waals surface area contributed by atoms with E-state index in [2.05, 4.69) is 18.3 Å². The van der Waals surface area contributed by atoms with E-state index in [-0.39, 0.29) is 20.4 Å². The molecule has 1 aromatic heterocycles. The second-order valence-corrected chi connectivity index (χ2v) is 2.39. The molecule has 0 saturated carbocycles. The molecular weight excluding hydrogens is 229 g/mol. The van der Waals surface area contributed by atoms with Crippen molar-refractivity contribution in [2.45, 2.75) is 0 Å². The predicted molar refractivity (Wildman–Crippen MR) is 41.8 cm³/mol. The van der Waals surface area contributed by atoms with Gasteiger partial charge in [0.25, 0.3) is 0 Å². The summed E-state index contributed by atoms with van der Waals surface area (Å²) in [5, 5.41) is 1.25. The summed E-state index contributed by atoms with van der Waals surface area (Å²) in [4.78, 5) is 0. The number of nitrogens with zero attached hydrogens (tertiary/aromatic N) is 1. The minimum atomic E-state index is 0. The Balaban J connectivity index is 0.000000605. The van der Waals surface area contributed by atoms with E-state index >= 15 is 0 Å². The molecule has 2 heteroatoms. The fraction of sp³-hybridized carbons (Fsp3) is 0.111. The second-order valence-electron chi connectivity index (χ2n) is 2.39. The van der Waals surface area contributed by atoms with Gasteiger partial charge in [0.2, 0.25) is 0 Å². The molecule has 0 aliphatic heterocycles. The molecule has 2 rings (SSSR count). The van der Waals surface area contributed by atoms with Crippen LogP contribution in [0, 0.1) is 6.20 Å². The van der Waals surface area contributed by atoms with E-state index in [0.717, 1.165) is 0 Å². The van der Waals surface area contributed by atoms with Crippen LogP contribution < -0.4 is 0 Å². The van der Waals surface area contributed by atoms with Crippen LogP contribution in [0.4, 0.5) is 0 Å². The Bertz CT molecular complexity index is 351. The average Bonchev–Trinajstić information content (AvgIpc) is 2.34. The first kappa shape index (κ1) is 8.52. The third kappa shape index (κ3) is 1.38. The molecule has 0 aliphatic carbocycles. The Morgan fingerprint density at radius 3 is 2.73 bits per heavy atom. The summed E-state index contributed by atoms with van der Waals surface area (Å²) in [6.45, 7) is 0. The van der Waals surface area contributed by atoms with Crippen molar-refractivity contribution in [2.24, 2.45) is 7.05 Å². The fourth-order valence-electron chi connectivity index (χ4n) is 1.15. The average molecular weight is 237 g/mol. The Kier molecular flexibility index (Phi) is 2.49. The summed E-state index contributed by atoms with van der Waals surface area (Å²) in [6, 6.07) is 10.2. The van der Waals surface area contributed by atoms with Gasteiger partial charge < -0.3 is 4.57 Å². The van der Waals surface area contributed by atoms with Gasteiger partial charge in [0.15, 0.2) is 0 Å². The van der Waals surface area contributed by atoms with E-state index in [1.165, 1.54) is 10.9 Å². The second kappa shape index (κ2) is 3.21. The van der Waals surface area contributed by atoms with E-state index in [4.69, 9.17) is 0 Å². The molecule has 2 aromatic rings. The van der Waals surface area contributed by atoms with Crippen molar-refractivity contribution in [1.82, 2.24) is 4.57 Å². The van der Waals surface area contributed by atoms with Gasteiger partial charge in [0.1, 0.15) is 0 Å². The number of rotatable bonds is 0. The number of fused-ring (bicyclic) bond motifs is 1. The van der Waals surface area contributed by atoms with Crippen LogP contribution in [0.25, 0.3) is 10.9 Å². The van der Waals surface area contributed by atoms with Crippen molar-refractivity contribution in [3.8, 4) is 0 Å². The molecule has 60 valence electrons. The van der Waals surface area contributed by atoms with Crippen LogP contribution in [-0.2, 0) is 27.5 Å². The standard InChI is InChI=1S/C9H8N.Pd/c1-10-7-6-8-4-2-3-5-9(8)10;/h2-6H,1H3;/q-1;. The van der Waals surface area contributed by atoms with Crippen molar-refractivity contribution in [3.63, 3.8) is 0 Å². The summed E-state index contributed by atoms with van der Waals surface area (Å²) >= 11 is 0. The Morgan fingerprint density at radius 1 is 1.27 bits per heavy atom. The largest absolute Gasteiger partial charge is 0.466 e. The summed E-state index contributed by atoms with van der Waals surface area (Å²) in [7, 11) is 2.00. The van der Waals surface area contributed by atoms with Gasteiger partial charge in [-0.05, 0) is 7.05 Å². The first-order valence-corrected chi connectivity index (χ1v) is 3.30. The summed E-state index contributed by atoms with van der Waals surface area (Å²) in [5.41, 5.74) is 1.24. The maximum Gasteiger partial charge on any atom is 0 e. The molecule has 0 saturated heterocycles. The molecule has 0 amide bonds. The molecule has 0 spiro atoms. The van der Waals surface area contributed by atoms with E-state index in [9.17, 15) is 0 Å². The van der Waals surface area contributed by atoms with Gasteiger partial charge in [0.05, 0.1) is 0 Å². The van der Waals surface area contributed by atoms with Gasteiger partial charge in [-0.2, -0.15) is 11.5 Å². The monoisotopic (exact) mass is 236 g/mol. The molecule has 0 fully saturated rings. The zero-order valence-electron chi connectivity index (χ0n) is 6.15. The minimum absolute atomic E-state index is 0. The zero-order valence-corrected chi connectivity index (χ0v) is 7.70. The quantitative estimate of drug-likeness (QED) is 0.487. The summed E-state index contributed by atoms with van der Waals surface area (Å²) in [6.07, 6.45) is 3.09. The van der Waals surface area contributed by atoms with E-state index in [0.29, 0.717) is 0 Å². The van der Waals surface area contributed by atoms with Gasteiger partial charge in [-0.3, -0.25) is 0 Å². The molecule has 0 aliphatic rings. The summed E-state index contributed by atoms with van der Waals surface area (Å²) in [5.74, 6) is 0. The van der Waals surface area contributed by atoms with Crippen LogP contribution in [0.1, 0.15) is 0 Å². The number of benzene rings is 1. The van der Waals surface area contributed by atoms with Crippen LogP contribution in [-0.4, -0.2) is 4.57 Å². The van der Waals surface area contributed by atoms with Crippen LogP contribution >= 0.6 is 0 Å². The van der Waals surface area contributed by atoms with Gasteiger partial charge in [-0.1, -0.05) is 12.1 Å². The number of aromatic nitrogens is 1. The molecule has 0 atom stereocenters. The van der Waals surface area contributed by atoms with Gasteiger partial charge >= 0.3 is 0 Å². The number of aryl methyl sites for hydroxylation is 1. The first-order valence-electron chi connectivity index (χ1n) is 3.30. The predicted octanol–water partition coefficient (Wildman–Crippen LogP) is 1.98. The number of para-hydroxylation sites is 1. The summed E-state index contributed by atoms with van der Waals surface area (Å²) < 4.78 is 2.00. The number of hydrogen-bond acceptors (Lipinski definition) is 0. The van der Waals surface area contributed by atoms with Gasteiger partial charge in [0, 0.05) is 20.4 Å². The van der Waals surface area contributed by atoms with Crippen LogP contribution in [0.2, 0.25) is 0 Å². The van der Waals surface area contributed by atoms with Crippen molar-refractivity contribution in [3.05, 3.63) is 36.5 Å². The van der Waals surface area contributed by atoms with E-state index in [1.54, 1.807) is 0 Å². The van der Waals surface area contributed by atoms with Crippen molar-refractivity contribution >= 4 is 10.9 Å². The Hall–Kier alpha value is -0.578. The van der Waals surface area contributed by atoms with E-state index in [1.807, 2.05) is 29.8 Å². The third-order valence-corrected chi connectivity index (χ3v) is 1.71. The maximum atomic E-state index is 3.09. The SMILES string of the molecule is Cn1[c-]cc2ccccc21.[Pd]. The van der Waals surface area contributed by atoms with Crippen molar-refractivity contribution in [1.29, 1.82) is 0 Å². The van der Waals surface area contributed by atoms with Crippen molar-refractivity contribution in [2.75, 3.05) is 0 Å². The third-order valence-electron chi connectivity index (χ3n) is 1.71. The molecule has 0 radical (unpaired) electrons. The van der Waals surface area contributed by atoms with Gasteiger partial charge in [-0.25, -0.2) is 0 Å². The normalized spacial score (nSPS) is 9.55. The Morgan fingerprint density at radius 2 is 2.00 bits per heavy atom. The molecule has 11 heavy (non-hydrogen) atoms. The Labute approximate surface area is 79.7 Å². The number of hydrogen-bond donors (Lipinski definition) is 0. The molecule has 1 aromatic carbocycles. The van der Waals surface area contributed by atoms with E-state index < -0.39 is 0 Å². The molecular formula is C9H8NPd-. The molecule has 0 unspecified atom stereocenters. The van der Waals surface area contributed by atoms with Crippen LogP contribution in [0.3, 0.4) is 0 Å².